The quantitative estimate of drug-likeness (QED) is 0.133. The number of nitrogen functional groups attached to an aromatic ring is 1. The Balaban J connectivity index is 0.000000291. The van der Waals surface area contributed by atoms with Gasteiger partial charge in [-0.1, -0.05) is 36.4 Å². The fourth-order valence-corrected chi connectivity index (χ4v) is 6.63. The third-order valence-electron chi connectivity index (χ3n) is 8.22. The maximum absolute atomic E-state index is 13.3. The van der Waals surface area contributed by atoms with E-state index in [2.05, 4.69) is 55.3 Å². The van der Waals surface area contributed by atoms with Crippen molar-refractivity contribution in [2.24, 2.45) is 15.7 Å². The smallest absolute Gasteiger partial charge is 0.298 e. The predicted molar refractivity (Wildman–Crippen MR) is 206 cm³/mol. The Bertz CT molecular complexity index is 1920. The van der Waals surface area contributed by atoms with Gasteiger partial charge in [0.25, 0.3) is 5.56 Å². The topological polar surface area (TPSA) is 160 Å². The van der Waals surface area contributed by atoms with Gasteiger partial charge in [0.2, 0.25) is 0 Å². The highest BCUT2D eigenvalue weighted by Gasteiger charge is 2.22. The Morgan fingerprint density at radius 3 is 2.40 bits per heavy atom. The molecule has 0 atom stereocenters. The van der Waals surface area contributed by atoms with Crippen LogP contribution in [0.3, 0.4) is 0 Å². The third-order valence-corrected chi connectivity index (χ3v) is 9.24. The summed E-state index contributed by atoms with van der Waals surface area (Å²) in [6.07, 6.45) is 4.93. The van der Waals surface area contributed by atoms with Crippen LogP contribution in [-0.4, -0.2) is 78.1 Å². The molecular formula is C37H45N9O3S. The highest BCUT2D eigenvalue weighted by molar-refractivity contribution is 7.18. The number of ether oxygens (including phenoxy) is 1. The molecule has 0 saturated carbocycles. The molecule has 0 unspecified atom stereocenters. The summed E-state index contributed by atoms with van der Waals surface area (Å²) in [5.41, 5.74) is 14.2. The monoisotopic (exact) mass is 695 g/mol. The fourth-order valence-electron chi connectivity index (χ4n) is 5.66. The number of piperidine rings is 1. The van der Waals surface area contributed by atoms with E-state index in [4.69, 9.17) is 21.3 Å². The number of anilines is 3. The van der Waals surface area contributed by atoms with E-state index in [1.54, 1.807) is 40.2 Å². The van der Waals surface area contributed by atoms with Gasteiger partial charge in [0.1, 0.15) is 29.3 Å². The summed E-state index contributed by atoms with van der Waals surface area (Å²) in [5.74, 6) is 1.13. The van der Waals surface area contributed by atoms with Crippen molar-refractivity contribution in [3.8, 4) is 17.2 Å². The third kappa shape index (κ3) is 9.47. The summed E-state index contributed by atoms with van der Waals surface area (Å²) in [6.45, 7) is 7.01. The molecule has 2 aromatic heterocycles. The molecule has 2 aliphatic rings. The first-order chi connectivity index (χ1) is 24.4. The van der Waals surface area contributed by atoms with Gasteiger partial charge < -0.3 is 36.4 Å². The molecule has 5 aromatic rings. The average molecular weight is 696 g/mol. The van der Waals surface area contributed by atoms with Crippen LogP contribution in [0.2, 0.25) is 0 Å². The van der Waals surface area contributed by atoms with Gasteiger partial charge in [0, 0.05) is 29.7 Å². The van der Waals surface area contributed by atoms with E-state index < -0.39 is 0 Å². The van der Waals surface area contributed by atoms with Crippen LogP contribution in [0.15, 0.2) is 99.7 Å². The lowest BCUT2D eigenvalue weighted by atomic mass is 10.1. The zero-order valence-electron chi connectivity index (χ0n) is 28.5. The second-order valence-corrected chi connectivity index (χ2v) is 12.9. The summed E-state index contributed by atoms with van der Waals surface area (Å²) in [4.78, 5) is 31.5. The molecule has 2 aliphatic heterocycles. The standard InChI is InChI=1S/C27H30N6O2S.C6H6O.C4H9N3/c1-31-11-9-18(10-12-31)29-17-21-16-23-26(36-21)30-25(28)27(34)33(23)20-7-8-24-22(15-20)32(13-14-35-24)19-5-3-2-4-6-19;7-6-4-2-1-3-5-6;1-2-6-4-7-3-5/h2-8,15-16,18,29H,9-14,17H2,1H3,(H2,28,30);1-5,7H;3-4H,2H2,1H3,(H2,5,6,7). The van der Waals surface area contributed by atoms with Gasteiger partial charge in [-0.2, -0.15) is 0 Å². The SMILES string of the molecule is CCN=CN=CN.CN1CCC(NCc2cc3c(nc(N)c(=O)n3-c3ccc4c(c3)N(c3ccccc3)CCO4)s2)CC1.Oc1ccccc1. The molecule has 6 N–H and O–H groups in total. The van der Waals surface area contributed by atoms with Gasteiger partial charge in [-0.05, 0) is 88.4 Å². The zero-order chi connectivity index (χ0) is 35.3. The molecule has 0 bridgehead atoms. The number of thiophene rings is 1. The normalized spacial score (nSPS) is 14.9. The molecule has 262 valence electrons. The maximum Gasteiger partial charge on any atom is 0.298 e. The number of nitrogens with two attached hydrogens (primary N) is 2. The van der Waals surface area contributed by atoms with Gasteiger partial charge in [0.05, 0.1) is 29.8 Å². The van der Waals surface area contributed by atoms with Crippen molar-refractivity contribution < 1.29 is 9.84 Å². The largest absolute Gasteiger partial charge is 0.508 e. The lowest BCUT2D eigenvalue weighted by Gasteiger charge is -2.31. The number of hydrogen-bond donors (Lipinski definition) is 4. The van der Waals surface area contributed by atoms with Gasteiger partial charge in [-0.25, -0.2) is 9.98 Å². The number of nitrogens with zero attached hydrogens (tertiary/aromatic N) is 6. The minimum atomic E-state index is -0.307. The number of rotatable bonds is 7. The Labute approximate surface area is 296 Å². The van der Waals surface area contributed by atoms with Crippen LogP contribution < -0.4 is 32.0 Å². The van der Waals surface area contributed by atoms with Crippen molar-refractivity contribution in [2.75, 3.05) is 50.5 Å². The summed E-state index contributed by atoms with van der Waals surface area (Å²) in [5, 5.41) is 12.3. The number of likely N-dealkylation sites (tertiary alicyclic amines) is 1. The van der Waals surface area contributed by atoms with Crippen molar-refractivity contribution in [1.82, 2.24) is 19.8 Å². The first-order valence-corrected chi connectivity index (χ1v) is 17.5. The van der Waals surface area contributed by atoms with Crippen LogP contribution in [0.4, 0.5) is 17.2 Å². The van der Waals surface area contributed by atoms with E-state index in [-0.39, 0.29) is 11.4 Å². The molecular weight excluding hydrogens is 651 g/mol. The van der Waals surface area contributed by atoms with Crippen LogP contribution in [0.25, 0.3) is 16.0 Å². The average Bonchev–Trinajstić information content (AvgIpc) is 3.55. The van der Waals surface area contributed by atoms with Crippen LogP contribution in [0, 0.1) is 0 Å². The molecule has 50 heavy (non-hydrogen) atoms. The molecule has 3 aromatic carbocycles. The molecule has 12 nitrogen and oxygen atoms in total. The van der Waals surface area contributed by atoms with E-state index >= 15 is 0 Å². The van der Waals surface area contributed by atoms with Crippen molar-refractivity contribution in [3.05, 3.63) is 100 Å². The summed E-state index contributed by atoms with van der Waals surface area (Å²) in [7, 11) is 2.17. The molecule has 7 rings (SSSR count). The molecule has 1 saturated heterocycles. The molecule has 4 heterocycles. The number of para-hydroxylation sites is 2. The number of phenolic OH excluding ortho intramolecular Hbond substituents is 1. The number of aliphatic imine (C=N–C) groups is 2. The van der Waals surface area contributed by atoms with E-state index in [0.29, 0.717) is 18.4 Å². The zero-order valence-corrected chi connectivity index (χ0v) is 29.3. The molecule has 0 aliphatic carbocycles. The fraction of sp³-hybridized carbons (Fsp3) is 0.297. The highest BCUT2D eigenvalue weighted by Crippen LogP contribution is 2.38. The Morgan fingerprint density at radius 1 is 1.02 bits per heavy atom. The summed E-state index contributed by atoms with van der Waals surface area (Å²) >= 11 is 1.59. The summed E-state index contributed by atoms with van der Waals surface area (Å²) < 4.78 is 7.62. The van der Waals surface area contributed by atoms with Crippen LogP contribution >= 0.6 is 11.3 Å². The van der Waals surface area contributed by atoms with Crippen molar-refractivity contribution in [2.45, 2.75) is 32.4 Å². The Morgan fingerprint density at radius 2 is 1.74 bits per heavy atom. The number of nitrogens with one attached hydrogen (secondary N) is 1. The van der Waals surface area contributed by atoms with Crippen LogP contribution in [0.1, 0.15) is 24.6 Å². The number of aromatic hydroxyl groups is 1. The molecule has 1 fully saturated rings. The molecule has 0 radical (unpaired) electrons. The van der Waals surface area contributed by atoms with Crippen LogP contribution in [-0.2, 0) is 6.54 Å². The molecule has 0 spiro atoms. The second kappa shape index (κ2) is 18.0. The van der Waals surface area contributed by atoms with Gasteiger partial charge in [0.15, 0.2) is 5.82 Å². The number of phenols is 1. The van der Waals surface area contributed by atoms with Crippen molar-refractivity contribution in [1.29, 1.82) is 0 Å². The van der Waals surface area contributed by atoms with Crippen molar-refractivity contribution in [3.63, 3.8) is 0 Å². The highest BCUT2D eigenvalue weighted by atomic mass is 32.1. The second-order valence-electron chi connectivity index (χ2n) is 11.7. The lowest BCUT2D eigenvalue weighted by Crippen LogP contribution is -2.40. The van der Waals surface area contributed by atoms with Crippen LogP contribution in [0.5, 0.6) is 11.5 Å². The first-order valence-electron chi connectivity index (χ1n) is 16.7. The van der Waals surface area contributed by atoms with E-state index in [9.17, 15) is 4.79 Å². The van der Waals surface area contributed by atoms with E-state index in [1.165, 1.54) is 12.7 Å². The van der Waals surface area contributed by atoms with E-state index in [0.717, 1.165) is 83.6 Å². The molecule has 13 heteroatoms. The summed E-state index contributed by atoms with van der Waals surface area (Å²) in [6, 6.07) is 27.4. The number of fused-ring (bicyclic) bond motifs is 2. The van der Waals surface area contributed by atoms with Crippen molar-refractivity contribution >= 4 is 51.6 Å². The lowest BCUT2D eigenvalue weighted by molar-refractivity contribution is 0.234. The molecule has 0 amide bonds. The maximum atomic E-state index is 13.3. The van der Waals surface area contributed by atoms with Gasteiger partial charge in [-0.15, -0.1) is 11.3 Å². The Kier molecular flexibility index (Phi) is 12.9. The Hall–Kier alpha value is -5.24. The van der Waals surface area contributed by atoms with E-state index in [1.807, 2.05) is 49.4 Å². The number of hydrogen-bond acceptors (Lipinski definition) is 10. The minimum absolute atomic E-state index is 0.00747. The first kappa shape index (κ1) is 36.1. The van der Waals surface area contributed by atoms with Gasteiger partial charge in [-0.3, -0.25) is 14.4 Å². The van der Waals surface area contributed by atoms with Gasteiger partial charge >= 0.3 is 0 Å². The minimum Gasteiger partial charge on any atom is -0.508 e. The number of aromatic nitrogens is 2. The predicted octanol–water partition coefficient (Wildman–Crippen LogP) is 5.16. The number of benzene rings is 3.